The van der Waals surface area contributed by atoms with E-state index in [0.717, 1.165) is 11.3 Å². The fourth-order valence-corrected chi connectivity index (χ4v) is 1.16. The average molecular weight is 190 g/mol. The molecule has 0 saturated heterocycles. The molecule has 0 spiro atoms. The van der Waals surface area contributed by atoms with Crippen LogP contribution in [0.3, 0.4) is 0 Å². The van der Waals surface area contributed by atoms with Gasteiger partial charge >= 0.3 is 0 Å². The van der Waals surface area contributed by atoms with E-state index in [9.17, 15) is 0 Å². The van der Waals surface area contributed by atoms with Crippen LogP contribution in [0.15, 0.2) is 18.3 Å². The second-order valence-electron chi connectivity index (χ2n) is 1.92. The van der Waals surface area contributed by atoms with Gasteiger partial charge in [0.15, 0.2) is 0 Å². The molecule has 0 aliphatic heterocycles. The molecule has 0 aliphatic rings. The van der Waals surface area contributed by atoms with E-state index in [4.69, 9.17) is 15.8 Å². The third kappa shape index (κ3) is 3.10. The van der Waals surface area contributed by atoms with Gasteiger partial charge < -0.3 is 4.18 Å². The van der Waals surface area contributed by atoms with Crippen molar-refractivity contribution in [3.63, 3.8) is 0 Å². The Hall–Kier alpha value is -0.250. The monoisotopic (exact) mass is 189 g/mol. The first kappa shape index (κ1) is 8.84. The van der Waals surface area contributed by atoms with Gasteiger partial charge in [0.2, 0.25) is 0 Å². The lowest BCUT2D eigenvalue weighted by Gasteiger charge is -1.97. The van der Waals surface area contributed by atoms with Crippen LogP contribution in [0.5, 0.6) is 0 Å². The summed E-state index contributed by atoms with van der Waals surface area (Å²) in [6, 6.07) is 3.70. The Morgan fingerprint density at radius 1 is 1.64 bits per heavy atom. The maximum absolute atomic E-state index is 5.60. The van der Waals surface area contributed by atoms with E-state index in [-0.39, 0.29) is 0 Å². The van der Waals surface area contributed by atoms with Crippen LogP contribution in [0.1, 0.15) is 5.56 Å². The van der Waals surface area contributed by atoms with Crippen molar-refractivity contribution in [2.75, 3.05) is 7.11 Å². The van der Waals surface area contributed by atoms with Crippen molar-refractivity contribution in [1.29, 1.82) is 0 Å². The molecular formula is C7H8ClNOS. The Kier molecular flexibility index (Phi) is 3.69. The zero-order chi connectivity index (χ0) is 8.10. The lowest BCUT2D eigenvalue weighted by Crippen LogP contribution is -1.82. The van der Waals surface area contributed by atoms with Crippen LogP contribution in [0.4, 0.5) is 0 Å². The van der Waals surface area contributed by atoms with Crippen LogP contribution in [0, 0.1) is 0 Å². The first-order chi connectivity index (χ1) is 5.33. The van der Waals surface area contributed by atoms with Crippen molar-refractivity contribution in [3.05, 3.63) is 29.0 Å². The SMILES string of the molecule is COSCc1ccc(Cl)nc1. The van der Waals surface area contributed by atoms with Crippen LogP contribution in [-0.4, -0.2) is 12.1 Å². The summed E-state index contributed by atoms with van der Waals surface area (Å²) in [5.41, 5.74) is 1.11. The first-order valence-corrected chi connectivity index (χ1v) is 4.38. The van der Waals surface area contributed by atoms with Crippen LogP contribution in [-0.2, 0) is 9.94 Å². The van der Waals surface area contributed by atoms with Gasteiger partial charge in [-0.1, -0.05) is 17.7 Å². The number of halogens is 1. The van der Waals surface area contributed by atoms with Gasteiger partial charge in [-0.2, -0.15) is 0 Å². The van der Waals surface area contributed by atoms with Crippen molar-refractivity contribution in [2.24, 2.45) is 0 Å². The summed E-state index contributed by atoms with van der Waals surface area (Å²) in [5, 5.41) is 0.524. The molecule has 0 aromatic carbocycles. The molecule has 1 aromatic heterocycles. The smallest absolute Gasteiger partial charge is 0.129 e. The minimum atomic E-state index is 0.524. The van der Waals surface area contributed by atoms with Crippen LogP contribution in [0.2, 0.25) is 5.15 Å². The van der Waals surface area contributed by atoms with Gasteiger partial charge in [0, 0.05) is 11.9 Å². The molecule has 0 saturated carbocycles. The van der Waals surface area contributed by atoms with Crippen molar-refractivity contribution >= 4 is 23.6 Å². The third-order valence-corrected chi connectivity index (χ3v) is 2.04. The summed E-state index contributed by atoms with van der Waals surface area (Å²) in [5.74, 6) is 0.806. The molecule has 1 heterocycles. The number of aromatic nitrogens is 1. The average Bonchev–Trinajstić information content (AvgIpc) is 2.04. The summed E-state index contributed by atoms with van der Waals surface area (Å²) < 4.78 is 4.83. The molecule has 0 atom stereocenters. The minimum Gasteiger partial charge on any atom is -0.318 e. The molecule has 11 heavy (non-hydrogen) atoms. The quantitative estimate of drug-likeness (QED) is 0.539. The summed E-state index contributed by atoms with van der Waals surface area (Å²) in [4.78, 5) is 3.93. The Labute approximate surface area is 75.1 Å². The summed E-state index contributed by atoms with van der Waals surface area (Å²) in [6.07, 6.45) is 1.74. The van der Waals surface area contributed by atoms with E-state index in [1.165, 1.54) is 12.0 Å². The zero-order valence-electron chi connectivity index (χ0n) is 6.08. The molecule has 0 amide bonds. The number of rotatable bonds is 3. The number of pyridine rings is 1. The van der Waals surface area contributed by atoms with Crippen molar-refractivity contribution in [2.45, 2.75) is 5.75 Å². The Morgan fingerprint density at radius 3 is 3.00 bits per heavy atom. The number of hydrogen-bond donors (Lipinski definition) is 0. The Bertz CT molecular complexity index is 214. The van der Waals surface area contributed by atoms with Gasteiger partial charge in [0.25, 0.3) is 0 Å². The van der Waals surface area contributed by atoms with E-state index in [1.807, 2.05) is 6.07 Å². The van der Waals surface area contributed by atoms with Crippen LogP contribution < -0.4 is 0 Å². The number of nitrogens with zero attached hydrogens (tertiary/aromatic N) is 1. The highest BCUT2D eigenvalue weighted by Gasteiger charge is 1.93. The molecule has 0 N–H and O–H groups in total. The highest BCUT2D eigenvalue weighted by molar-refractivity contribution is 7.93. The molecule has 0 bridgehead atoms. The summed E-state index contributed by atoms with van der Waals surface area (Å²) in [6.45, 7) is 0. The van der Waals surface area contributed by atoms with Gasteiger partial charge in [0.1, 0.15) is 5.15 Å². The molecule has 2 nitrogen and oxygen atoms in total. The topological polar surface area (TPSA) is 22.1 Å². The third-order valence-electron chi connectivity index (χ3n) is 1.13. The highest BCUT2D eigenvalue weighted by atomic mass is 35.5. The van der Waals surface area contributed by atoms with E-state index >= 15 is 0 Å². The Balaban J connectivity index is 2.52. The van der Waals surface area contributed by atoms with Gasteiger partial charge in [0.05, 0.1) is 7.11 Å². The fraction of sp³-hybridized carbons (Fsp3) is 0.286. The van der Waals surface area contributed by atoms with Gasteiger partial charge in [-0.3, -0.25) is 0 Å². The van der Waals surface area contributed by atoms with E-state index in [1.54, 1.807) is 19.4 Å². The summed E-state index contributed by atoms with van der Waals surface area (Å²) >= 11 is 6.98. The largest absolute Gasteiger partial charge is 0.318 e. The van der Waals surface area contributed by atoms with Gasteiger partial charge in [-0.05, 0) is 23.7 Å². The molecule has 1 aromatic rings. The highest BCUT2D eigenvalue weighted by Crippen LogP contribution is 2.12. The second-order valence-corrected chi connectivity index (χ2v) is 3.16. The summed E-state index contributed by atoms with van der Waals surface area (Å²) in [7, 11) is 1.65. The number of hydrogen-bond acceptors (Lipinski definition) is 3. The molecule has 0 aliphatic carbocycles. The van der Waals surface area contributed by atoms with E-state index in [2.05, 4.69) is 4.98 Å². The standard InChI is InChI=1S/C7H8ClNOS/c1-10-11-5-6-2-3-7(8)9-4-6/h2-4H,5H2,1H3. The van der Waals surface area contributed by atoms with E-state index in [0.29, 0.717) is 5.15 Å². The molecular weight excluding hydrogens is 182 g/mol. The molecule has 1 rings (SSSR count). The molecule has 0 radical (unpaired) electrons. The predicted octanol–water partition coefficient (Wildman–Crippen LogP) is 2.53. The maximum atomic E-state index is 5.60. The van der Waals surface area contributed by atoms with Crippen molar-refractivity contribution in [1.82, 2.24) is 4.98 Å². The zero-order valence-corrected chi connectivity index (χ0v) is 7.65. The van der Waals surface area contributed by atoms with Crippen molar-refractivity contribution < 1.29 is 4.18 Å². The lowest BCUT2D eigenvalue weighted by atomic mass is 10.3. The lowest BCUT2D eigenvalue weighted by molar-refractivity contribution is 0.489. The fourth-order valence-electron chi connectivity index (χ4n) is 0.619. The van der Waals surface area contributed by atoms with Crippen LogP contribution in [0.25, 0.3) is 0 Å². The van der Waals surface area contributed by atoms with Gasteiger partial charge in [-0.25, -0.2) is 4.98 Å². The maximum Gasteiger partial charge on any atom is 0.129 e. The van der Waals surface area contributed by atoms with Crippen LogP contribution >= 0.6 is 23.6 Å². The molecule has 0 fully saturated rings. The second kappa shape index (κ2) is 4.59. The molecule has 60 valence electrons. The predicted molar refractivity (Wildman–Crippen MR) is 47.6 cm³/mol. The Morgan fingerprint density at radius 2 is 2.45 bits per heavy atom. The van der Waals surface area contributed by atoms with Gasteiger partial charge in [-0.15, -0.1) is 0 Å². The normalized spacial score (nSPS) is 10.0. The minimum absolute atomic E-state index is 0.524. The molecule has 0 unspecified atom stereocenters. The first-order valence-electron chi connectivity index (χ1n) is 3.09. The van der Waals surface area contributed by atoms with E-state index < -0.39 is 0 Å². The van der Waals surface area contributed by atoms with Crippen molar-refractivity contribution in [3.8, 4) is 0 Å². The molecule has 4 heteroatoms.